The number of hydrazone groups is 1. The summed E-state index contributed by atoms with van der Waals surface area (Å²) in [6.45, 7) is 2.65. The van der Waals surface area contributed by atoms with Crippen LogP contribution in [0.15, 0.2) is 29.5 Å². The Balaban J connectivity index is 2.22. The van der Waals surface area contributed by atoms with Crippen LogP contribution in [0.5, 0.6) is 0 Å². The second-order valence-corrected chi connectivity index (χ2v) is 4.36. The molecule has 0 N–H and O–H groups in total. The fourth-order valence-electron chi connectivity index (χ4n) is 1.94. The second kappa shape index (κ2) is 6.79. The van der Waals surface area contributed by atoms with Crippen molar-refractivity contribution < 1.29 is 14.3 Å². The molecule has 1 aliphatic heterocycles. The normalized spacial score (nSPS) is 15.6. The lowest BCUT2D eigenvalue weighted by molar-refractivity contribution is -0.141. The Kier molecular flexibility index (Phi) is 4.81. The summed E-state index contributed by atoms with van der Waals surface area (Å²) < 4.78 is 4.93. The summed E-state index contributed by atoms with van der Waals surface area (Å²) in [6, 6.07) is 5.36. The van der Waals surface area contributed by atoms with E-state index in [1.165, 1.54) is 5.01 Å². The summed E-state index contributed by atoms with van der Waals surface area (Å²) in [5, 5.41) is 5.69. The molecule has 2 heterocycles. The van der Waals surface area contributed by atoms with Crippen molar-refractivity contribution in [1.82, 2.24) is 9.99 Å². The minimum atomic E-state index is -0.372. The van der Waals surface area contributed by atoms with Crippen LogP contribution in [0.2, 0.25) is 0 Å². The van der Waals surface area contributed by atoms with Crippen molar-refractivity contribution in [3.05, 3.63) is 30.1 Å². The first-order chi connectivity index (χ1) is 9.70. The van der Waals surface area contributed by atoms with Crippen molar-refractivity contribution in [2.24, 2.45) is 5.10 Å². The van der Waals surface area contributed by atoms with Gasteiger partial charge in [0.05, 0.1) is 24.4 Å². The van der Waals surface area contributed by atoms with Crippen molar-refractivity contribution in [3.63, 3.8) is 0 Å². The zero-order valence-electron chi connectivity index (χ0n) is 11.4. The van der Waals surface area contributed by atoms with Gasteiger partial charge in [-0.15, -0.1) is 0 Å². The van der Waals surface area contributed by atoms with E-state index >= 15 is 0 Å². The third-order valence-corrected chi connectivity index (χ3v) is 2.87. The number of hydrogen-bond donors (Lipinski definition) is 0. The number of carbonyl (C=O) groups is 2. The van der Waals surface area contributed by atoms with Gasteiger partial charge in [-0.2, -0.15) is 5.10 Å². The van der Waals surface area contributed by atoms with Crippen molar-refractivity contribution in [2.75, 3.05) is 13.2 Å². The molecule has 1 fully saturated rings. The van der Waals surface area contributed by atoms with Gasteiger partial charge in [0.15, 0.2) is 0 Å². The largest absolute Gasteiger partial charge is 0.466 e. The molecule has 2 rings (SSSR count). The average Bonchev–Trinajstić information content (AvgIpc) is 2.85. The first-order valence-electron chi connectivity index (χ1n) is 6.65. The number of carbonyl (C=O) groups excluding carboxylic acids is 2. The number of nitrogens with zero attached hydrogens (tertiary/aromatic N) is 3. The number of hydrogen-bond acceptors (Lipinski definition) is 5. The minimum absolute atomic E-state index is 0.00856. The van der Waals surface area contributed by atoms with Gasteiger partial charge in [0.2, 0.25) is 5.91 Å². The molecule has 0 bridgehead atoms. The van der Waals surface area contributed by atoms with Crippen LogP contribution in [0.3, 0.4) is 0 Å². The van der Waals surface area contributed by atoms with Crippen molar-refractivity contribution in [1.29, 1.82) is 0 Å². The molecule has 1 saturated heterocycles. The van der Waals surface area contributed by atoms with E-state index in [0.717, 1.165) is 6.42 Å². The van der Waals surface area contributed by atoms with Gasteiger partial charge in [-0.05, 0) is 25.5 Å². The molecule has 0 aromatic carbocycles. The Morgan fingerprint density at radius 2 is 2.35 bits per heavy atom. The van der Waals surface area contributed by atoms with Crippen molar-refractivity contribution in [3.8, 4) is 0 Å². The Morgan fingerprint density at radius 3 is 2.95 bits per heavy atom. The molecule has 106 valence electrons. The Labute approximate surface area is 117 Å². The molecule has 0 spiro atoms. The average molecular weight is 275 g/mol. The van der Waals surface area contributed by atoms with E-state index in [9.17, 15) is 9.59 Å². The van der Waals surface area contributed by atoms with Crippen molar-refractivity contribution in [2.45, 2.75) is 26.2 Å². The van der Waals surface area contributed by atoms with Crippen molar-refractivity contribution >= 4 is 17.6 Å². The molecule has 0 unspecified atom stereocenters. The molecule has 0 aliphatic carbocycles. The van der Waals surface area contributed by atoms with Crippen LogP contribution in [0.4, 0.5) is 0 Å². The van der Waals surface area contributed by atoms with Gasteiger partial charge in [0, 0.05) is 19.2 Å². The lowest BCUT2D eigenvalue weighted by Crippen LogP contribution is -2.23. The number of ether oxygens (including phenoxy) is 1. The van der Waals surface area contributed by atoms with E-state index < -0.39 is 0 Å². The molecule has 1 aromatic heterocycles. The maximum atomic E-state index is 11.6. The van der Waals surface area contributed by atoms with Crippen LogP contribution in [-0.4, -0.2) is 40.7 Å². The fraction of sp³-hybridized carbons (Fsp3) is 0.429. The van der Waals surface area contributed by atoms with E-state index in [4.69, 9.17) is 4.74 Å². The summed E-state index contributed by atoms with van der Waals surface area (Å²) in [5.74, 6) is -0.397. The van der Waals surface area contributed by atoms with Crippen LogP contribution in [-0.2, 0) is 14.3 Å². The standard InChI is InChI=1S/C14H17N3O3/c1-2-20-14(19)10-12(11-6-3-4-8-15-11)16-17-9-5-7-13(17)18/h3-4,6,8H,2,5,7,9-10H2,1H3/b16-12-. The van der Waals surface area contributed by atoms with Crippen LogP contribution >= 0.6 is 0 Å². The Morgan fingerprint density at radius 1 is 1.50 bits per heavy atom. The summed E-state index contributed by atoms with van der Waals surface area (Å²) >= 11 is 0. The zero-order valence-corrected chi connectivity index (χ0v) is 11.4. The van der Waals surface area contributed by atoms with Crippen LogP contribution in [0.1, 0.15) is 31.9 Å². The molecular formula is C14H17N3O3. The van der Waals surface area contributed by atoms with Gasteiger partial charge >= 0.3 is 5.97 Å². The highest BCUT2D eigenvalue weighted by Crippen LogP contribution is 2.12. The van der Waals surface area contributed by atoms with Gasteiger partial charge in [-0.1, -0.05) is 6.07 Å². The molecule has 6 heteroatoms. The summed E-state index contributed by atoms with van der Waals surface area (Å²) in [7, 11) is 0. The SMILES string of the molecule is CCOC(=O)C/C(=N/N1CCCC1=O)c1ccccn1. The van der Waals surface area contributed by atoms with Gasteiger partial charge in [-0.25, -0.2) is 5.01 Å². The van der Waals surface area contributed by atoms with E-state index in [0.29, 0.717) is 31.0 Å². The molecule has 0 saturated carbocycles. The summed E-state index contributed by atoms with van der Waals surface area (Å²) in [4.78, 5) is 27.5. The highest BCUT2D eigenvalue weighted by Gasteiger charge is 2.22. The molecule has 1 amide bonds. The Bertz CT molecular complexity index is 514. The number of amides is 1. The number of rotatable bonds is 5. The lowest BCUT2D eigenvalue weighted by atomic mass is 10.2. The molecule has 20 heavy (non-hydrogen) atoms. The minimum Gasteiger partial charge on any atom is -0.466 e. The summed E-state index contributed by atoms with van der Waals surface area (Å²) in [5.41, 5.74) is 1.04. The van der Waals surface area contributed by atoms with E-state index in [2.05, 4.69) is 10.1 Å². The summed E-state index contributed by atoms with van der Waals surface area (Å²) in [6.07, 6.45) is 2.92. The maximum absolute atomic E-state index is 11.6. The molecular weight excluding hydrogens is 258 g/mol. The van der Waals surface area contributed by atoms with Crippen LogP contribution in [0, 0.1) is 0 Å². The van der Waals surface area contributed by atoms with Gasteiger partial charge in [-0.3, -0.25) is 14.6 Å². The molecule has 1 aromatic rings. The first-order valence-corrected chi connectivity index (χ1v) is 6.65. The quantitative estimate of drug-likeness (QED) is 0.601. The zero-order chi connectivity index (χ0) is 14.4. The van der Waals surface area contributed by atoms with Gasteiger partial charge in [0.1, 0.15) is 0 Å². The highest BCUT2D eigenvalue weighted by molar-refractivity contribution is 6.08. The third kappa shape index (κ3) is 3.63. The topological polar surface area (TPSA) is 71.9 Å². The second-order valence-electron chi connectivity index (χ2n) is 4.36. The number of pyridine rings is 1. The first kappa shape index (κ1) is 14.2. The number of esters is 1. The van der Waals surface area contributed by atoms with Crippen LogP contribution < -0.4 is 0 Å². The Hall–Kier alpha value is -2.24. The van der Waals surface area contributed by atoms with Gasteiger partial charge in [0.25, 0.3) is 0 Å². The van der Waals surface area contributed by atoms with E-state index in [1.54, 1.807) is 25.3 Å². The molecule has 0 atom stereocenters. The molecule has 0 radical (unpaired) electrons. The predicted octanol–water partition coefficient (Wildman–Crippen LogP) is 1.36. The maximum Gasteiger partial charge on any atom is 0.312 e. The highest BCUT2D eigenvalue weighted by atomic mass is 16.5. The monoisotopic (exact) mass is 275 g/mol. The predicted molar refractivity (Wildman–Crippen MR) is 73.0 cm³/mol. The lowest BCUT2D eigenvalue weighted by Gasteiger charge is -2.12. The van der Waals surface area contributed by atoms with E-state index in [-0.39, 0.29) is 18.3 Å². The third-order valence-electron chi connectivity index (χ3n) is 2.87. The smallest absolute Gasteiger partial charge is 0.312 e. The van der Waals surface area contributed by atoms with Gasteiger partial charge < -0.3 is 4.74 Å². The molecule has 6 nitrogen and oxygen atoms in total. The van der Waals surface area contributed by atoms with E-state index in [1.807, 2.05) is 6.07 Å². The van der Waals surface area contributed by atoms with Crippen LogP contribution in [0.25, 0.3) is 0 Å². The molecule has 1 aliphatic rings. The fourth-order valence-corrected chi connectivity index (χ4v) is 1.94. The number of aromatic nitrogens is 1.